The Labute approximate surface area is 184 Å². The number of hydrogen-bond acceptors (Lipinski definition) is 7. The van der Waals surface area contributed by atoms with Crippen LogP contribution in [0.15, 0.2) is 63.3 Å². The number of carbonyl (C=O) groups is 1. The third-order valence-electron chi connectivity index (χ3n) is 4.09. The first-order valence-electron chi connectivity index (χ1n) is 8.71. The van der Waals surface area contributed by atoms with Crippen molar-refractivity contribution in [2.75, 3.05) is 5.75 Å². The van der Waals surface area contributed by atoms with E-state index in [-0.39, 0.29) is 17.3 Å². The normalized spacial score (nSPS) is 11.4. The van der Waals surface area contributed by atoms with E-state index in [1.165, 1.54) is 23.9 Å². The summed E-state index contributed by atoms with van der Waals surface area (Å²) in [6.45, 7) is 1.71. The first-order valence-corrected chi connectivity index (χ1v) is 10.5. The van der Waals surface area contributed by atoms with Crippen LogP contribution in [0, 0.1) is 10.1 Å². The highest BCUT2D eigenvalue weighted by molar-refractivity contribution is 9.10. The molecule has 30 heavy (non-hydrogen) atoms. The first-order chi connectivity index (χ1) is 14.3. The highest BCUT2D eigenvalue weighted by atomic mass is 79.9. The molecule has 0 aliphatic carbocycles. The van der Waals surface area contributed by atoms with E-state index < -0.39 is 4.92 Å². The molecule has 0 bridgehead atoms. The lowest BCUT2D eigenvalue weighted by Crippen LogP contribution is -2.21. The summed E-state index contributed by atoms with van der Waals surface area (Å²) in [4.78, 5) is 22.4. The van der Waals surface area contributed by atoms with Gasteiger partial charge in [0, 0.05) is 29.2 Å². The van der Waals surface area contributed by atoms with Crippen molar-refractivity contribution in [3.8, 4) is 11.4 Å². The molecule has 3 rings (SSSR count). The fraction of sp³-hybridized carbons (Fsp3) is 0.158. The average molecular weight is 489 g/mol. The second-order valence-electron chi connectivity index (χ2n) is 6.20. The SMILES string of the molecule is C/C(=N/NC(=O)CSc1nnc(-c2cccc(Br)c2)n1C)c1ccc([N+](=O)[O-])cc1. The van der Waals surface area contributed by atoms with Gasteiger partial charge < -0.3 is 4.57 Å². The van der Waals surface area contributed by atoms with E-state index in [1.54, 1.807) is 19.1 Å². The molecule has 9 nitrogen and oxygen atoms in total. The molecular weight excluding hydrogens is 472 g/mol. The molecule has 1 N–H and O–H groups in total. The Morgan fingerprint density at radius 3 is 2.67 bits per heavy atom. The van der Waals surface area contributed by atoms with Crippen LogP contribution in [0.25, 0.3) is 11.4 Å². The van der Waals surface area contributed by atoms with Crippen molar-refractivity contribution in [2.45, 2.75) is 12.1 Å². The maximum atomic E-state index is 12.1. The van der Waals surface area contributed by atoms with Crippen molar-refractivity contribution in [3.05, 3.63) is 68.7 Å². The molecule has 0 spiro atoms. The number of nitro groups is 1. The van der Waals surface area contributed by atoms with Crippen molar-refractivity contribution in [2.24, 2.45) is 12.1 Å². The topological polar surface area (TPSA) is 115 Å². The molecule has 0 aliphatic rings. The van der Waals surface area contributed by atoms with E-state index in [2.05, 4.69) is 36.7 Å². The number of nitro benzene ring substituents is 1. The number of nitrogens with one attached hydrogen (secondary N) is 1. The van der Waals surface area contributed by atoms with E-state index in [9.17, 15) is 14.9 Å². The predicted molar refractivity (Wildman–Crippen MR) is 118 cm³/mol. The Morgan fingerprint density at radius 2 is 2.00 bits per heavy atom. The molecule has 0 radical (unpaired) electrons. The molecule has 1 amide bonds. The molecule has 2 aromatic carbocycles. The van der Waals surface area contributed by atoms with Gasteiger partial charge in [0.2, 0.25) is 0 Å². The number of rotatable bonds is 7. The van der Waals surface area contributed by atoms with Gasteiger partial charge >= 0.3 is 0 Å². The lowest BCUT2D eigenvalue weighted by molar-refractivity contribution is -0.384. The largest absolute Gasteiger partial charge is 0.305 e. The molecule has 154 valence electrons. The molecular formula is C19H17BrN6O3S. The molecule has 0 saturated carbocycles. The highest BCUT2D eigenvalue weighted by Crippen LogP contribution is 2.24. The van der Waals surface area contributed by atoms with E-state index in [1.807, 2.05) is 35.9 Å². The quantitative estimate of drug-likeness (QED) is 0.234. The second-order valence-corrected chi connectivity index (χ2v) is 8.06. The zero-order valence-corrected chi connectivity index (χ0v) is 18.5. The van der Waals surface area contributed by atoms with Crippen LogP contribution in [0.1, 0.15) is 12.5 Å². The van der Waals surface area contributed by atoms with E-state index >= 15 is 0 Å². The molecule has 3 aromatic rings. The Morgan fingerprint density at radius 1 is 1.27 bits per heavy atom. The van der Waals surface area contributed by atoms with Gasteiger partial charge in [-0.25, -0.2) is 5.43 Å². The molecule has 0 atom stereocenters. The Kier molecular flexibility index (Phi) is 6.95. The fourth-order valence-electron chi connectivity index (χ4n) is 2.52. The van der Waals surface area contributed by atoms with Gasteiger partial charge in [-0.1, -0.05) is 39.8 Å². The van der Waals surface area contributed by atoms with Crippen molar-refractivity contribution >= 4 is 45.0 Å². The van der Waals surface area contributed by atoms with Gasteiger partial charge in [-0.05, 0) is 36.8 Å². The third-order valence-corrected chi connectivity index (χ3v) is 5.61. The van der Waals surface area contributed by atoms with Gasteiger partial charge in [0.15, 0.2) is 11.0 Å². The summed E-state index contributed by atoms with van der Waals surface area (Å²) in [5.74, 6) is 0.515. The van der Waals surface area contributed by atoms with Crippen LogP contribution in [-0.2, 0) is 11.8 Å². The van der Waals surface area contributed by atoms with Gasteiger partial charge in [0.25, 0.3) is 11.6 Å². The zero-order valence-electron chi connectivity index (χ0n) is 16.1. The number of aromatic nitrogens is 3. The summed E-state index contributed by atoms with van der Waals surface area (Å²) in [5, 5.41) is 23.7. The summed E-state index contributed by atoms with van der Waals surface area (Å²) in [6, 6.07) is 13.7. The average Bonchev–Trinajstić information content (AvgIpc) is 3.11. The number of carbonyl (C=O) groups excluding carboxylic acids is 1. The number of amides is 1. The highest BCUT2D eigenvalue weighted by Gasteiger charge is 2.13. The number of nitrogens with zero attached hydrogens (tertiary/aromatic N) is 5. The summed E-state index contributed by atoms with van der Waals surface area (Å²) < 4.78 is 2.77. The number of thioether (sulfide) groups is 1. The number of benzene rings is 2. The standard InChI is InChI=1S/C19H17BrN6O3S/c1-12(13-6-8-16(9-7-13)26(28)29)21-22-17(27)11-30-19-24-23-18(25(19)2)14-4-3-5-15(20)10-14/h3-10H,11H2,1-2H3,(H,22,27)/b21-12-. The Balaban J connectivity index is 1.58. The predicted octanol–water partition coefficient (Wildman–Crippen LogP) is 3.79. The molecule has 1 heterocycles. The minimum atomic E-state index is -0.468. The van der Waals surface area contributed by atoms with E-state index in [0.717, 1.165) is 10.0 Å². The van der Waals surface area contributed by atoms with Crippen LogP contribution in [0.4, 0.5) is 5.69 Å². The van der Waals surface area contributed by atoms with Crippen LogP contribution >= 0.6 is 27.7 Å². The first kappa shape index (κ1) is 21.7. The fourth-order valence-corrected chi connectivity index (χ4v) is 3.62. The van der Waals surface area contributed by atoms with E-state index in [0.29, 0.717) is 22.3 Å². The van der Waals surface area contributed by atoms with Gasteiger partial charge in [-0.3, -0.25) is 14.9 Å². The lowest BCUT2D eigenvalue weighted by atomic mass is 10.1. The minimum Gasteiger partial charge on any atom is -0.305 e. The van der Waals surface area contributed by atoms with Crippen molar-refractivity contribution < 1.29 is 9.72 Å². The second kappa shape index (κ2) is 9.63. The Hall–Kier alpha value is -3.05. The third kappa shape index (κ3) is 5.30. The van der Waals surface area contributed by atoms with Crippen LogP contribution < -0.4 is 5.43 Å². The summed E-state index contributed by atoms with van der Waals surface area (Å²) in [6.07, 6.45) is 0. The molecule has 11 heteroatoms. The maximum Gasteiger partial charge on any atom is 0.269 e. The smallest absolute Gasteiger partial charge is 0.269 e. The number of non-ortho nitro benzene ring substituents is 1. The van der Waals surface area contributed by atoms with Gasteiger partial charge in [0.1, 0.15) is 0 Å². The van der Waals surface area contributed by atoms with Gasteiger partial charge in [-0.2, -0.15) is 5.10 Å². The van der Waals surface area contributed by atoms with Crippen molar-refractivity contribution in [3.63, 3.8) is 0 Å². The monoisotopic (exact) mass is 488 g/mol. The number of hydrazone groups is 1. The van der Waals surface area contributed by atoms with Crippen molar-refractivity contribution in [1.82, 2.24) is 20.2 Å². The van der Waals surface area contributed by atoms with Gasteiger partial charge in [0.05, 0.1) is 16.4 Å². The van der Waals surface area contributed by atoms with Crippen molar-refractivity contribution in [1.29, 1.82) is 0 Å². The number of halogens is 1. The summed E-state index contributed by atoms with van der Waals surface area (Å²) in [7, 11) is 1.84. The Bertz CT molecular complexity index is 1110. The van der Waals surface area contributed by atoms with Crippen LogP contribution in [0.2, 0.25) is 0 Å². The van der Waals surface area contributed by atoms with Crippen LogP contribution in [0.5, 0.6) is 0 Å². The number of hydrogen-bond donors (Lipinski definition) is 1. The van der Waals surface area contributed by atoms with Gasteiger partial charge in [-0.15, -0.1) is 10.2 Å². The zero-order chi connectivity index (χ0) is 21.7. The molecule has 0 fully saturated rings. The molecule has 0 saturated heterocycles. The maximum absolute atomic E-state index is 12.1. The van der Waals surface area contributed by atoms with Crippen LogP contribution in [-0.4, -0.2) is 37.1 Å². The summed E-state index contributed by atoms with van der Waals surface area (Å²) >= 11 is 4.69. The molecule has 0 aliphatic heterocycles. The molecule has 0 unspecified atom stereocenters. The molecule has 1 aromatic heterocycles. The lowest BCUT2D eigenvalue weighted by Gasteiger charge is -2.05. The van der Waals surface area contributed by atoms with Crippen LogP contribution in [0.3, 0.4) is 0 Å². The van der Waals surface area contributed by atoms with E-state index in [4.69, 9.17) is 0 Å². The summed E-state index contributed by atoms with van der Waals surface area (Å²) in [5.41, 5.74) is 4.62. The minimum absolute atomic E-state index is 0.00195.